The van der Waals surface area contributed by atoms with Crippen LogP contribution in [0.1, 0.15) is 0 Å². The smallest absolute Gasteiger partial charge is 0.163 e. The molecule has 0 amide bonds. The Labute approximate surface area is 105 Å². The Morgan fingerprint density at radius 1 is 1.18 bits per heavy atom. The quantitative estimate of drug-likeness (QED) is 0.849. The molecule has 0 spiro atoms. The van der Waals surface area contributed by atoms with Crippen LogP contribution in [0.25, 0.3) is 0 Å². The van der Waals surface area contributed by atoms with Crippen LogP contribution in [0.2, 0.25) is 0 Å². The van der Waals surface area contributed by atoms with Gasteiger partial charge in [-0.2, -0.15) is 15.8 Å². The van der Waals surface area contributed by atoms with Crippen LogP contribution in [0.5, 0.6) is 0 Å². The molecule has 1 N–H and O–H groups in total. The molecule has 1 rings (SSSR count). The maximum absolute atomic E-state index is 13.2. The van der Waals surface area contributed by atoms with Crippen molar-refractivity contribution in [2.24, 2.45) is 0 Å². The Kier molecular flexibility index (Phi) is 4.22. The molecule has 0 fully saturated rings. The first-order chi connectivity index (χ1) is 8.12. The third-order valence-corrected chi connectivity index (χ3v) is 2.42. The Morgan fingerprint density at radius 3 is 2.29 bits per heavy atom. The van der Waals surface area contributed by atoms with Gasteiger partial charge in [0.2, 0.25) is 0 Å². The van der Waals surface area contributed by atoms with Gasteiger partial charge in [0, 0.05) is 5.69 Å². The second-order valence-electron chi connectivity index (χ2n) is 2.84. The van der Waals surface area contributed by atoms with Crippen molar-refractivity contribution >= 4 is 21.6 Å². The summed E-state index contributed by atoms with van der Waals surface area (Å²) in [7, 11) is 0. The summed E-state index contributed by atoms with van der Waals surface area (Å²) in [5.74, 6) is -0.511. The molecule has 4 nitrogen and oxygen atoms in total. The SMILES string of the molecule is N#CC(C#N)=C(C#N)Nc1ccc(Br)c(F)c1. The normalized spacial score (nSPS) is 8.41. The molecular formula is C11H4BrFN4. The molecule has 1 aromatic rings. The highest BCUT2D eigenvalue weighted by molar-refractivity contribution is 9.10. The van der Waals surface area contributed by atoms with Gasteiger partial charge in [-0.1, -0.05) is 0 Å². The Hall–Kier alpha value is -2.36. The van der Waals surface area contributed by atoms with Gasteiger partial charge in [-0.3, -0.25) is 0 Å². The second-order valence-corrected chi connectivity index (χ2v) is 3.69. The minimum Gasteiger partial charge on any atom is -0.345 e. The zero-order valence-corrected chi connectivity index (χ0v) is 9.92. The molecule has 6 heteroatoms. The molecule has 0 aliphatic carbocycles. The highest BCUT2D eigenvalue weighted by atomic mass is 79.9. The van der Waals surface area contributed by atoms with Crippen molar-refractivity contribution < 1.29 is 4.39 Å². The minimum absolute atomic E-state index is 0.211. The number of anilines is 1. The highest BCUT2D eigenvalue weighted by Crippen LogP contribution is 2.20. The number of nitriles is 3. The van der Waals surface area contributed by atoms with E-state index in [2.05, 4.69) is 21.2 Å². The Balaban J connectivity index is 3.11. The lowest BCUT2D eigenvalue weighted by atomic mass is 10.2. The van der Waals surface area contributed by atoms with Gasteiger partial charge in [0.25, 0.3) is 0 Å². The monoisotopic (exact) mass is 290 g/mol. The molecule has 0 bridgehead atoms. The van der Waals surface area contributed by atoms with Gasteiger partial charge in [-0.25, -0.2) is 4.39 Å². The van der Waals surface area contributed by atoms with E-state index in [1.54, 1.807) is 18.2 Å². The van der Waals surface area contributed by atoms with E-state index in [4.69, 9.17) is 15.8 Å². The first kappa shape index (κ1) is 12.7. The molecule has 0 unspecified atom stereocenters. The molecule has 0 saturated carbocycles. The molecule has 0 atom stereocenters. The number of benzene rings is 1. The fourth-order valence-corrected chi connectivity index (χ4v) is 1.25. The summed E-state index contributed by atoms with van der Waals surface area (Å²) in [4.78, 5) is 0. The van der Waals surface area contributed by atoms with E-state index < -0.39 is 5.82 Å². The number of allylic oxidation sites excluding steroid dienone is 2. The largest absolute Gasteiger partial charge is 0.345 e. The van der Waals surface area contributed by atoms with Gasteiger partial charge in [0.05, 0.1) is 4.47 Å². The van der Waals surface area contributed by atoms with Crippen LogP contribution in [0, 0.1) is 39.8 Å². The van der Waals surface area contributed by atoms with E-state index in [1.165, 1.54) is 12.1 Å². The third kappa shape index (κ3) is 3.04. The van der Waals surface area contributed by atoms with Gasteiger partial charge in [0.1, 0.15) is 29.7 Å². The van der Waals surface area contributed by atoms with Crippen LogP contribution in [0.15, 0.2) is 33.9 Å². The fourth-order valence-electron chi connectivity index (χ4n) is 1.00. The molecule has 0 aromatic heterocycles. The summed E-state index contributed by atoms with van der Waals surface area (Å²) in [6, 6.07) is 8.94. The lowest BCUT2D eigenvalue weighted by Gasteiger charge is -2.05. The first-order valence-corrected chi connectivity index (χ1v) is 5.08. The highest BCUT2D eigenvalue weighted by Gasteiger charge is 2.07. The standard InChI is InChI=1S/C11H4BrFN4/c12-9-2-1-8(3-10(9)13)17-11(6-16)7(4-14)5-15/h1-3,17H. The van der Waals surface area contributed by atoms with E-state index in [0.717, 1.165) is 6.07 Å². The van der Waals surface area contributed by atoms with Crippen LogP contribution >= 0.6 is 15.9 Å². The topological polar surface area (TPSA) is 83.4 Å². The summed E-state index contributed by atoms with van der Waals surface area (Å²) in [6.45, 7) is 0. The summed E-state index contributed by atoms with van der Waals surface area (Å²) in [5.41, 5.74) is -0.280. The van der Waals surface area contributed by atoms with Crippen molar-refractivity contribution in [2.45, 2.75) is 0 Å². The zero-order chi connectivity index (χ0) is 12.8. The van der Waals surface area contributed by atoms with Gasteiger partial charge >= 0.3 is 0 Å². The molecule has 1 aromatic carbocycles. The molecule has 0 aliphatic rings. The van der Waals surface area contributed by atoms with Crippen molar-refractivity contribution in [1.82, 2.24) is 0 Å². The number of hydrogen-bond acceptors (Lipinski definition) is 4. The number of rotatable bonds is 2. The molecular weight excluding hydrogens is 287 g/mol. The van der Waals surface area contributed by atoms with Gasteiger partial charge in [-0.05, 0) is 34.1 Å². The van der Waals surface area contributed by atoms with Crippen LogP contribution in [-0.4, -0.2) is 0 Å². The van der Waals surface area contributed by atoms with Crippen molar-refractivity contribution in [1.29, 1.82) is 15.8 Å². The second kappa shape index (κ2) is 5.65. The van der Waals surface area contributed by atoms with Crippen molar-refractivity contribution in [3.63, 3.8) is 0 Å². The summed E-state index contributed by atoms with van der Waals surface area (Å²) < 4.78 is 13.5. The van der Waals surface area contributed by atoms with Gasteiger partial charge in [0.15, 0.2) is 5.57 Å². The van der Waals surface area contributed by atoms with Crippen molar-refractivity contribution in [3.05, 3.63) is 39.8 Å². The summed E-state index contributed by atoms with van der Waals surface area (Å²) in [6.07, 6.45) is 0. The number of hydrogen-bond donors (Lipinski definition) is 1. The average molecular weight is 291 g/mol. The molecule has 17 heavy (non-hydrogen) atoms. The van der Waals surface area contributed by atoms with Crippen molar-refractivity contribution in [3.8, 4) is 18.2 Å². The maximum Gasteiger partial charge on any atom is 0.163 e. The Bertz CT molecular complexity index is 585. The molecule has 82 valence electrons. The number of nitrogens with one attached hydrogen (secondary N) is 1. The fraction of sp³-hybridized carbons (Fsp3) is 0. The van der Waals surface area contributed by atoms with Crippen molar-refractivity contribution in [2.75, 3.05) is 5.32 Å². The molecule has 0 radical (unpaired) electrons. The average Bonchev–Trinajstić information content (AvgIpc) is 2.33. The summed E-state index contributed by atoms with van der Waals surface area (Å²) in [5, 5.41) is 28.5. The van der Waals surface area contributed by atoms with Crippen LogP contribution in [-0.2, 0) is 0 Å². The predicted molar refractivity (Wildman–Crippen MR) is 61.6 cm³/mol. The zero-order valence-electron chi connectivity index (χ0n) is 8.33. The van der Waals surface area contributed by atoms with Gasteiger partial charge in [-0.15, -0.1) is 0 Å². The van der Waals surface area contributed by atoms with E-state index in [-0.39, 0.29) is 21.4 Å². The minimum atomic E-state index is -0.511. The number of nitrogens with zero attached hydrogens (tertiary/aromatic N) is 3. The molecule has 0 heterocycles. The van der Waals surface area contributed by atoms with E-state index in [9.17, 15) is 4.39 Å². The lowest BCUT2D eigenvalue weighted by Crippen LogP contribution is -2.00. The van der Waals surface area contributed by atoms with Crippen LogP contribution < -0.4 is 5.32 Å². The molecule has 0 saturated heterocycles. The van der Waals surface area contributed by atoms with E-state index >= 15 is 0 Å². The predicted octanol–water partition coefficient (Wildman–Crippen LogP) is 2.82. The third-order valence-electron chi connectivity index (χ3n) is 1.77. The summed E-state index contributed by atoms with van der Waals surface area (Å²) >= 11 is 2.98. The Morgan fingerprint density at radius 2 is 1.82 bits per heavy atom. The van der Waals surface area contributed by atoms with Crippen LogP contribution in [0.4, 0.5) is 10.1 Å². The van der Waals surface area contributed by atoms with E-state index in [0.29, 0.717) is 0 Å². The first-order valence-electron chi connectivity index (χ1n) is 4.29. The lowest BCUT2D eigenvalue weighted by molar-refractivity contribution is 0.622. The maximum atomic E-state index is 13.2. The molecule has 0 aliphatic heterocycles. The van der Waals surface area contributed by atoms with E-state index in [1.807, 2.05) is 0 Å². The van der Waals surface area contributed by atoms with Gasteiger partial charge < -0.3 is 5.32 Å². The number of halogens is 2. The van der Waals surface area contributed by atoms with Crippen LogP contribution in [0.3, 0.4) is 0 Å².